The van der Waals surface area contributed by atoms with Gasteiger partial charge in [0.1, 0.15) is 5.75 Å². The zero-order valence-electron chi connectivity index (χ0n) is 13.4. The van der Waals surface area contributed by atoms with Gasteiger partial charge >= 0.3 is 0 Å². The molecule has 1 unspecified atom stereocenters. The monoisotopic (exact) mass is 369 g/mol. The fourth-order valence-electron chi connectivity index (χ4n) is 1.97. The number of ether oxygens (including phenoxy) is 3. The van der Waals surface area contributed by atoms with E-state index in [0.29, 0.717) is 33.0 Å². The van der Waals surface area contributed by atoms with Crippen LogP contribution in [-0.2, 0) is 4.79 Å². The third-order valence-corrected chi connectivity index (χ3v) is 3.96. The lowest BCUT2D eigenvalue weighted by Gasteiger charge is -2.16. The van der Waals surface area contributed by atoms with E-state index in [0.717, 1.165) is 0 Å². The molecule has 1 amide bonds. The summed E-state index contributed by atoms with van der Waals surface area (Å²) in [6, 6.07) is 9.91. The maximum Gasteiger partial charge on any atom is 0.265 e. The molecule has 24 heavy (non-hydrogen) atoms. The normalized spacial score (nSPS) is 11.5. The molecule has 0 heterocycles. The number of carbonyl (C=O) groups is 1. The minimum atomic E-state index is -0.727. The number of carbonyl (C=O) groups excluding carboxylic acids is 1. The number of anilines is 1. The van der Waals surface area contributed by atoms with Crippen molar-refractivity contribution in [3.05, 3.63) is 46.4 Å². The summed E-state index contributed by atoms with van der Waals surface area (Å²) in [7, 11) is 3.07. The first-order chi connectivity index (χ1) is 11.4. The van der Waals surface area contributed by atoms with Gasteiger partial charge in [0.15, 0.2) is 17.6 Å². The minimum Gasteiger partial charge on any atom is -0.493 e. The highest BCUT2D eigenvalue weighted by atomic mass is 35.5. The fraction of sp³-hybridized carbons (Fsp3) is 0.235. The summed E-state index contributed by atoms with van der Waals surface area (Å²) < 4.78 is 15.9. The molecule has 2 aromatic carbocycles. The second-order valence-electron chi connectivity index (χ2n) is 4.90. The van der Waals surface area contributed by atoms with Crippen LogP contribution >= 0.6 is 23.2 Å². The fourth-order valence-corrected chi connectivity index (χ4v) is 2.25. The standard InChI is InChI=1S/C17H17Cl2NO4/c1-10(24-12-5-6-13(18)14(19)9-12)17(21)20-11-4-7-15(22-2)16(8-11)23-3/h4-10H,1-3H3,(H,20,21). The Balaban J connectivity index is 2.04. The molecular weight excluding hydrogens is 353 g/mol. The topological polar surface area (TPSA) is 56.8 Å². The highest BCUT2D eigenvalue weighted by molar-refractivity contribution is 6.42. The van der Waals surface area contributed by atoms with E-state index in [-0.39, 0.29) is 5.91 Å². The Morgan fingerprint density at radius 3 is 2.33 bits per heavy atom. The zero-order valence-corrected chi connectivity index (χ0v) is 14.9. The summed E-state index contributed by atoms with van der Waals surface area (Å²) in [5, 5.41) is 3.54. The summed E-state index contributed by atoms with van der Waals surface area (Å²) in [4.78, 5) is 12.3. The van der Waals surface area contributed by atoms with Crippen LogP contribution in [0.5, 0.6) is 17.2 Å². The third-order valence-electron chi connectivity index (χ3n) is 3.22. The van der Waals surface area contributed by atoms with Gasteiger partial charge in [0.25, 0.3) is 5.91 Å². The van der Waals surface area contributed by atoms with Gasteiger partial charge in [0, 0.05) is 17.8 Å². The molecule has 1 atom stereocenters. The lowest BCUT2D eigenvalue weighted by atomic mass is 10.2. The molecule has 2 aromatic rings. The molecule has 0 spiro atoms. The number of rotatable bonds is 6. The molecule has 0 aromatic heterocycles. The van der Waals surface area contributed by atoms with Gasteiger partial charge in [-0.25, -0.2) is 0 Å². The van der Waals surface area contributed by atoms with Crippen LogP contribution in [-0.4, -0.2) is 26.2 Å². The first-order valence-corrected chi connectivity index (χ1v) is 7.84. The Morgan fingerprint density at radius 2 is 1.71 bits per heavy atom. The molecular formula is C17H17Cl2NO4. The molecule has 1 N–H and O–H groups in total. The highest BCUT2D eigenvalue weighted by Gasteiger charge is 2.16. The maximum atomic E-state index is 12.3. The van der Waals surface area contributed by atoms with E-state index >= 15 is 0 Å². The van der Waals surface area contributed by atoms with Gasteiger partial charge in [0.05, 0.1) is 24.3 Å². The van der Waals surface area contributed by atoms with E-state index in [9.17, 15) is 4.79 Å². The van der Waals surface area contributed by atoms with Crippen molar-refractivity contribution in [2.75, 3.05) is 19.5 Å². The van der Waals surface area contributed by atoms with Crippen LogP contribution < -0.4 is 19.5 Å². The second-order valence-corrected chi connectivity index (χ2v) is 5.71. The predicted molar refractivity (Wildman–Crippen MR) is 94.7 cm³/mol. The summed E-state index contributed by atoms with van der Waals surface area (Å²) in [5.74, 6) is 1.25. The van der Waals surface area contributed by atoms with Crippen LogP contribution in [0.15, 0.2) is 36.4 Å². The van der Waals surface area contributed by atoms with Crippen LogP contribution in [0.2, 0.25) is 10.0 Å². The van der Waals surface area contributed by atoms with Crippen LogP contribution in [0.1, 0.15) is 6.92 Å². The Kier molecular flexibility index (Phi) is 6.17. The SMILES string of the molecule is COc1ccc(NC(=O)C(C)Oc2ccc(Cl)c(Cl)c2)cc1OC. The first-order valence-electron chi connectivity index (χ1n) is 7.09. The van der Waals surface area contributed by atoms with Crippen molar-refractivity contribution in [1.29, 1.82) is 0 Å². The Morgan fingerprint density at radius 1 is 1.00 bits per heavy atom. The van der Waals surface area contributed by atoms with Crippen LogP contribution in [0, 0.1) is 0 Å². The van der Waals surface area contributed by atoms with Gasteiger partial charge in [-0.3, -0.25) is 4.79 Å². The van der Waals surface area contributed by atoms with Crippen molar-refractivity contribution in [1.82, 2.24) is 0 Å². The molecule has 7 heteroatoms. The van der Waals surface area contributed by atoms with Crippen molar-refractivity contribution >= 4 is 34.8 Å². The molecule has 0 radical (unpaired) electrons. The summed E-state index contributed by atoms with van der Waals surface area (Å²) >= 11 is 11.8. The van der Waals surface area contributed by atoms with E-state index in [4.69, 9.17) is 37.4 Å². The molecule has 0 bridgehead atoms. The van der Waals surface area contributed by atoms with Gasteiger partial charge in [-0.1, -0.05) is 23.2 Å². The summed E-state index contributed by atoms with van der Waals surface area (Å²) in [5.41, 5.74) is 0.572. The molecule has 5 nitrogen and oxygen atoms in total. The molecule has 0 fully saturated rings. The van der Waals surface area contributed by atoms with E-state index in [1.807, 2.05) is 0 Å². The Bertz CT molecular complexity index is 737. The smallest absolute Gasteiger partial charge is 0.265 e. The Labute approximate surface area is 150 Å². The van der Waals surface area contributed by atoms with E-state index in [1.54, 1.807) is 50.4 Å². The number of nitrogens with one attached hydrogen (secondary N) is 1. The third kappa shape index (κ3) is 4.46. The minimum absolute atomic E-state index is 0.312. The number of methoxy groups -OCH3 is 2. The van der Waals surface area contributed by atoms with Gasteiger partial charge in [-0.2, -0.15) is 0 Å². The van der Waals surface area contributed by atoms with Crippen molar-refractivity contribution in [2.24, 2.45) is 0 Å². The highest BCUT2D eigenvalue weighted by Crippen LogP contribution is 2.30. The van der Waals surface area contributed by atoms with Gasteiger partial charge < -0.3 is 19.5 Å². The van der Waals surface area contributed by atoms with E-state index in [2.05, 4.69) is 5.32 Å². The molecule has 0 saturated carbocycles. The predicted octanol–water partition coefficient (Wildman–Crippen LogP) is 4.42. The van der Waals surface area contributed by atoms with Gasteiger partial charge in [0.2, 0.25) is 0 Å². The molecule has 0 aliphatic carbocycles. The van der Waals surface area contributed by atoms with Crippen LogP contribution in [0.3, 0.4) is 0 Å². The summed E-state index contributed by atoms with van der Waals surface area (Å²) in [6.07, 6.45) is -0.727. The lowest BCUT2D eigenvalue weighted by molar-refractivity contribution is -0.122. The van der Waals surface area contributed by atoms with Crippen molar-refractivity contribution in [2.45, 2.75) is 13.0 Å². The van der Waals surface area contributed by atoms with Crippen molar-refractivity contribution in [3.8, 4) is 17.2 Å². The Hall–Kier alpha value is -2.11. The number of benzene rings is 2. The average molecular weight is 370 g/mol. The van der Waals surface area contributed by atoms with E-state index < -0.39 is 6.10 Å². The van der Waals surface area contributed by atoms with Crippen molar-refractivity contribution < 1.29 is 19.0 Å². The number of hydrogen-bond donors (Lipinski definition) is 1. The largest absolute Gasteiger partial charge is 0.493 e. The lowest BCUT2D eigenvalue weighted by Crippen LogP contribution is -2.30. The second kappa shape index (κ2) is 8.13. The molecule has 2 rings (SSSR count). The first kappa shape index (κ1) is 18.2. The van der Waals surface area contributed by atoms with Gasteiger partial charge in [-0.05, 0) is 31.2 Å². The van der Waals surface area contributed by atoms with Gasteiger partial charge in [-0.15, -0.1) is 0 Å². The van der Waals surface area contributed by atoms with Crippen molar-refractivity contribution in [3.63, 3.8) is 0 Å². The molecule has 128 valence electrons. The quantitative estimate of drug-likeness (QED) is 0.818. The average Bonchev–Trinajstić information content (AvgIpc) is 2.57. The van der Waals surface area contributed by atoms with E-state index in [1.165, 1.54) is 7.11 Å². The number of halogens is 2. The summed E-state index contributed by atoms with van der Waals surface area (Å²) in [6.45, 7) is 1.64. The van der Waals surface area contributed by atoms with Crippen LogP contribution in [0.4, 0.5) is 5.69 Å². The van der Waals surface area contributed by atoms with Crippen LogP contribution in [0.25, 0.3) is 0 Å². The molecule has 0 aliphatic heterocycles. The maximum absolute atomic E-state index is 12.3. The number of amides is 1. The number of hydrogen-bond acceptors (Lipinski definition) is 4. The molecule has 0 saturated heterocycles. The molecule has 0 aliphatic rings. The zero-order chi connectivity index (χ0) is 17.7.